The van der Waals surface area contributed by atoms with Crippen LogP contribution in [0.15, 0.2) is 53.4 Å². The maximum atomic E-state index is 12.1. The van der Waals surface area contributed by atoms with Crippen LogP contribution in [0.25, 0.3) is 0 Å². The summed E-state index contributed by atoms with van der Waals surface area (Å²) in [5.74, 6) is 0.659. The first-order valence-corrected chi connectivity index (χ1v) is 15.4. The zero-order valence-corrected chi connectivity index (χ0v) is 25.2. The van der Waals surface area contributed by atoms with E-state index in [9.17, 15) is 8.42 Å². The van der Waals surface area contributed by atoms with Crippen LogP contribution in [0.5, 0.6) is 5.75 Å². The number of para-hydroxylation sites is 2. The van der Waals surface area contributed by atoms with Crippen LogP contribution in [0, 0.1) is 6.92 Å². The van der Waals surface area contributed by atoms with Crippen molar-refractivity contribution in [2.75, 3.05) is 111 Å². The third-order valence-electron chi connectivity index (χ3n) is 5.41. The van der Waals surface area contributed by atoms with E-state index in [-0.39, 0.29) is 18.1 Å². The Balaban J connectivity index is 1.23. The molecule has 0 spiro atoms. The molecular weight excluding hydrogens is 570 g/mol. The van der Waals surface area contributed by atoms with Gasteiger partial charge in [0, 0.05) is 0 Å². The predicted octanol–water partition coefficient (Wildman–Crippen LogP) is 2.48. The summed E-state index contributed by atoms with van der Waals surface area (Å²) in [6, 6.07) is 13.8. The van der Waals surface area contributed by atoms with Gasteiger partial charge < -0.3 is 43.6 Å². The van der Waals surface area contributed by atoms with Crippen molar-refractivity contribution >= 4 is 15.8 Å². The number of anilines is 1. The van der Waals surface area contributed by atoms with Gasteiger partial charge in [0.25, 0.3) is 10.1 Å². The van der Waals surface area contributed by atoms with Crippen molar-refractivity contribution < 1.29 is 50.5 Å². The lowest BCUT2D eigenvalue weighted by Gasteiger charge is -2.09. The van der Waals surface area contributed by atoms with E-state index in [1.165, 1.54) is 12.1 Å². The highest BCUT2D eigenvalue weighted by atomic mass is 32.2. The molecule has 2 rings (SSSR count). The molecule has 0 aliphatic rings. The van der Waals surface area contributed by atoms with E-state index in [1.54, 1.807) is 18.2 Å². The second-order valence-electron chi connectivity index (χ2n) is 8.76. The second kappa shape index (κ2) is 23.2. The minimum absolute atomic E-state index is 0.0582. The Bertz CT molecular complexity index is 1040. The van der Waals surface area contributed by atoms with Crippen molar-refractivity contribution in [1.29, 1.82) is 0 Å². The summed E-state index contributed by atoms with van der Waals surface area (Å²) in [6.45, 7) is 8.23. The van der Waals surface area contributed by atoms with Crippen LogP contribution >= 0.6 is 0 Å². The fourth-order valence-electron chi connectivity index (χ4n) is 3.22. The van der Waals surface area contributed by atoms with Crippen molar-refractivity contribution in [3.63, 3.8) is 0 Å². The van der Waals surface area contributed by atoms with Crippen LogP contribution in [0.1, 0.15) is 5.56 Å². The standard InChI is InChI=1S/C29H45NO11S/c1-26-6-8-27(9-7-26)42(31,32)41-25-23-39-21-19-37-17-15-35-13-11-33-10-12-34-14-16-36-18-20-38-22-24-40-29-5-3-2-4-28(29)30/h2-9H,10-25,30H2,1H3. The van der Waals surface area contributed by atoms with Crippen LogP contribution < -0.4 is 10.5 Å². The highest BCUT2D eigenvalue weighted by Gasteiger charge is 2.14. The molecule has 0 unspecified atom stereocenters. The van der Waals surface area contributed by atoms with Gasteiger partial charge in [0.05, 0.1) is 110 Å². The first-order chi connectivity index (χ1) is 20.5. The summed E-state index contributed by atoms with van der Waals surface area (Å²) in [5.41, 5.74) is 7.39. The zero-order valence-electron chi connectivity index (χ0n) is 24.4. The van der Waals surface area contributed by atoms with Crippen LogP contribution in [-0.4, -0.2) is 114 Å². The molecule has 0 aromatic heterocycles. The van der Waals surface area contributed by atoms with E-state index in [1.807, 2.05) is 25.1 Å². The lowest BCUT2D eigenvalue weighted by atomic mass is 10.2. The number of nitrogens with two attached hydrogens (primary N) is 1. The summed E-state index contributed by atoms with van der Waals surface area (Å²) in [7, 11) is -3.77. The summed E-state index contributed by atoms with van der Waals surface area (Å²) in [4.78, 5) is 0.128. The molecule has 238 valence electrons. The summed E-state index contributed by atoms with van der Waals surface area (Å²) < 4.78 is 72.6. The number of rotatable bonds is 27. The quantitative estimate of drug-likeness (QED) is 0.0896. The van der Waals surface area contributed by atoms with E-state index >= 15 is 0 Å². The van der Waals surface area contributed by atoms with Crippen LogP contribution in [0.3, 0.4) is 0 Å². The number of benzene rings is 2. The molecule has 0 heterocycles. The number of hydrogen-bond acceptors (Lipinski definition) is 12. The lowest BCUT2D eigenvalue weighted by molar-refractivity contribution is -0.0218. The average Bonchev–Trinajstić information content (AvgIpc) is 2.98. The smallest absolute Gasteiger partial charge is 0.297 e. The Morgan fingerprint density at radius 1 is 0.524 bits per heavy atom. The second-order valence-corrected chi connectivity index (χ2v) is 10.4. The van der Waals surface area contributed by atoms with Crippen molar-refractivity contribution in [2.45, 2.75) is 11.8 Å². The van der Waals surface area contributed by atoms with Gasteiger partial charge in [-0.2, -0.15) is 8.42 Å². The molecule has 2 aromatic rings. The van der Waals surface area contributed by atoms with Crippen molar-refractivity contribution in [3.05, 3.63) is 54.1 Å². The van der Waals surface area contributed by atoms with E-state index in [2.05, 4.69) is 0 Å². The third-order valence-corrected chi connectivity index (χ3v) is 6.74. The van der Waals surface area contributed by atoms with E-state index in [0.717, 1.165) is 5.56 Å². The Labute approximate surface area is 249 Å². The van der Waals surface area contributed by atoms with Gasteiger partial charge in [-0.25, -0.2) is 0 Å². The van der Waals surface area contributed by atoms with Gasteiger partial charge in [-0.05, 0) is 31.2 Å². The fourth-order valence-corrected chi connectivity index (χ4v) is 4.11. The molecule has 0 amide bonds. The number of nitrogen functional groups attached to an aromatic ring is 1. The molecule has 0 saturated heterocycles. The summed E-state index contributed by atoms with van der Waals surface area (Å²) >= 11 is 0. The fraction of sp³-hybridized carbons (Fsp3) is 0.586. The maximum Gasteiger partial charge on any atom is 0.297 e. The Morgan fingerprint density at radius 2 is 0.905 bits per heavy atom. The molecular formula is C29H45NO11S. The monoisotopic (exact) mass is 615 g/mol. The molecule has 0 fully saturated rings. The molecule has 13 heteroatoms. The van der Waals surface area contributed by atoms with Gasteiger partial charge in [0.2, 0.25) is 0 Å². The normalized spacial score (nSPS) is 11.6. The van der Waals surface area contributed by atoms with Gasteiger partial charge in [-0.3, -0.25) is 4.18 Å². The van der Waals surface area contributed by atoms with E-state index in [4.69, 9.17) is 47.8 Å². The number of ether oxygens (including phenoxy) is 8. The molecule has 0 aliphatic carbocycles. The number of aryl methyl sites for hydroxylation is 1. The van der Waals surface area contributed by atoms with Gasteiger partial charge in [-0.15, -0.1) is 0 Å². The molecule has 0 atom stereocenters. The third kappa shape index (κ3) is 17.6. The SMILES string of the molecule is Cc1ccc(S(=O)(=O)OCCOCCOCCOCCOCCOCCOCCOCCOc2ccccc2N)cc1. The first-order valence-electron chi connectivity index (χ1n) is 14.0. The number of hydrogen-bond donors (Lipinski definition) is 1. The molecule has 42 heavy (non-hydrogen) atoms. The maximum absolute atomic E-state index is 12.1. The van der Waals surface area contributed by atoms with Crippen LogP contribution in [-0.2, 0) is 47.5 Å². The molecule has 12 nitrogen and oxygen atoms in total. The molecule has 2 aromatic carbocycles. The van der Waals surface area contributed by atoms with Gasteiger partial charge in [0.15, 0.2) is 0 Å². The molecule has 0 saturated carbocycles. The zero-order chi connectivity index (χ0) is 30.1. The topological polar surface area (TPSA) is 143 Å². The predicted molar refractivity (Wildman–Crippen MR) is 156 cm³/mol. The van der Waals surface area contributed by atoms with Gasteiger partial charge in [0.1, 0.15) is 12.4 Å². The molecule has 0 bridgehead atoms. The van der Waals surface area contributed by atoms with Gasteiger partial charge >= 0.3 is 0 Å². The minimum Gasteiger partial charge on any atom is -0.489 e. The van der Waals surface area contributed by atoms with E-state index < -0.39 is 10.1 Å². The van der Waals surface area contributed by atoms with Crippen molar-refractivity contribution in [3.8, 4) is 5.75 Å². The Kier molecular flexibility index (Phi) is 19.8. The average molecular weight is 616 g/mol. The van der Waals surface area contributed by atoms with Crippen LogP contribution in [0.4, 0.5) is 5.69 Å². The Hall–Kier alpha value is -2.33. The summed E-state index contributed by atoms with van der Waals surface area (Å²) in [6.07, 6.45) is 0. The van der Waals surface area contributed by atoms with Crippen molar-refractivity contribution in [2.24, 2.45) is 0 Å². The lowest BCUT2D eigenvalue weighted by Crippen LogP contribution is -2.15. The minimum atomic E-state index is -3.77. The van der Waals surface area contributed by atoms with E-state index in [0.29, 0.717) is 104 Å². The largest absolute Gasteiger partial charge is 0.489 e. The molecule has 0 aliphatic heterocycles. The van der Waals surface area contributed by atoms with Crippen molar-refractivity contribution in [1.82, 2.24) is 0 Å². The van der Waals surface area contributed by atoms with Gasteiger partial charge in [-0.1, -0.05) is 29.8 Å². The first kappa shape index (κ1) is 35.9. The van der Waals surface area contributed by atoms with Crippen LogP contribution in [0.2, 0.25) is 0 Å². The highest BCUT2D eigenvalue weighted by molar-refractivity contribution is 7.86. The molecule has 2 N–H and O–H groups in total. The highest BCUT2D eigenvalue weighted by Crippen LogP contribution is 2.19. The summed E-state index contributed by atoms with van der Waals surface area (Å²) in [5, 5.41) is 0. The molecule has 0 radical (unpaired) electrons. The Morgan fingerprint density at radius 3 is 1.33 bits per heavy atom.